The van der Waals surface area contributed by atoms with E-state index in [0.29, 0.717) is 23.5 Å². The van der Waals surface area contributed by atoms with Gasteiger partial charge in [0.05, 0.1) is 24.8 Å². The lowest BCUT2D eigenvalue weighted by atomic mass is 10.1. The van der Waals surface area contributed by atoms with Crippen molar-refractivity contribution in [2.45, 2.75) is 12.8 Å². The van der Waals surface area contributed by atoms with Gasteiger partial charge in [0, 0.05) is 6.42 Å². The monoisotopic (exact) mass is 365 g/mol. The van der Waals surface area contributed by atoms with Gasteiger partial charge >= 0.3 is 0 Å². The molecule has 1 aliphatic heterocycles. The number of nitrogens with one attached hydrogen (secondary N) is 1. The molecular formula is C16H19N3O5S. The summed E-state index contributed by atoms with van der Waals surface area (Å²) in [6, 6.07) is 6.88. The molecule has 2 rings (SSSR count). The highest BCUT2D eigenvalue weighted by Crippen LogP contribution is 2.27. The Morgan fingerprint density at radius 3 is 2.92 bits per heavy atom. The van der Waals surface area contributed by atoms with Crippen molar-refractivity contribution in [2.75, 3.05) is 25.2 Å². The average Bonchev–Trinajstić information content (AvgIpc) is 2.91. The van der Waals surface area contributed by atoms with Crippen molar-refractivity contribution in [1.82, 2.24) is 5.43 Å². The standard InChI is InChI=1S/C16H19N3O5S/c1-23-15-8-12(2-3-14(15)24-6-5-17)10-18-19-16(20)9-13-4-7-25(21,22)11-13/h2-3,8,10,13H,4,6-7,9,11H2,1H3,(H,19,20)/b18-10-/t13-/m0/s1. The molecule has 1 atom stereocenters. The lowest BCUT2D eigenvalue weighted by Gasteiger charge is -2.08. The molecular weight excluding hydrogens is 346 g/mol. The fourth-order valence-corrected chi connectivity index (χ4v) is 4.38. The van der Waals surface area contributed by atoms with Crippen molar-refractivity contribution in [3.8, 4) is 17.6 Å². The molecule has 1 aromatic rings. The SMILES string of the molecule is COc1cc(/C=N\NC(=O)C[C@@H]2CCS(=O)(=O)C2)ccc1OCC#N. The predicted octanol–water partition coefficient (Wildman–Crippen LogP) is 0.872. The topological polar surface area (TPSA) is 118 Å². The molecule has 0 radical (unpaired) electrons. The number of nitrogens with zero attached hydrogens (tertiary/aromatic N) is 2. The Kier molecular flexibility index (Phi) is 6.36. The Hall–Kier alpha value is -2.60. The fraction of sp³-hybridized carbons (Fsp3) is 0.438. The van der Waals surface area contributed by atoms with Crippen LogP contribution >= 0.6 is 0 Å². The Morgan fingerprint density at radius 1 is 1.48 bits per heavy atom. The quantitative estimate of drug-likeness (QED) is 0.566. The maximum Gasteiger partial charge on any atom is 0.240 e. The van der Waals surface area contributed by atoms with E-state index in [2.05, 4.69) is 10.5 Å². The Balaban J connectivity index is 1.89. The van der Waals surface area contributed by atoms with E-state index in [9.17, 15) is 13.2 Å². The molecule has 1 saturated heterocycles. The summed E-state index contributed by atoms with van der Waals surface area (Å²) in [5, 5.41) is 12.4. The van der Waals surface area contributed by atoms with Crippen molar-refractivity contribution >= 4 is 22.0 Å². The molecule has 1 aliphatic rings. The molecule has 1 N–H and O–H groups in total. The van der Waals surface area contributed by atoms with Gasteiger partial charge in [0.25, 0.3) is 0 Å². The van der Waals surface area contributed by atoms with E-state index in [1.807, 2.05) is 6.07 Å². The summed E-state index contributed by atoms with van der Waals surface area (Å²) in [6.07, 6.45) is 2.10. The summed E-state index contributed by atoms with van der Waals surface area (Å²) in [6.45, 7) is -0.0866. The normalized spacial score (nSPS) is 18.6. The van der Waals surface area contributed by atoms with Gasteiger partial charge in [0.15, 0.2) is 27.9 Å². The zero-order chi connectivity index (χ0) is 18.3. The second-order valence-electron chi connectivity index (χ2n) is 5.62. The summed E-state index contributed by atoms with van der Waals surface area (Å²) < 4.78 is 33.1. The second kappa shape index (κ2) is 8.48. The molecule has 0 bridgehead atoms. The molecule has 1 fully saturated rings. The molecule has 8 nitrogen and oxygen atoms in total. The van der Waals surface area contributed by atoms with Crippen LogP contribution in [0, 0.1) is 17.2 Å². The molecule has 134 valence electrons. The minimum atomic E-state index is -2.99. The number of carbonyl (C=O) groups excluding carboxylic acids is 1. The number of rotatable bonds is 7. The summed E-state index contributed by atoms with van der Waals surface area (Å²) in [5.74, 6) is 0.630. The number of sulfone groups is 1. The number of hydrogen-bond acceptors (Lipinski definition) is 7. The number of amides is 1. The number of benzene rings is 1. The van der Waals surface area contributed by atoms with Crippen LogP contribution in [0.2, 0.25) is 0 Å². The molecule has 0 unspecified atom stereocenters. The third-order valence-electron chi connectivity index (χ3n) is 3.68. The van der Waals surface area contributed by atoms with Crippen LogP contribution in [0.25, 0.3) is 0 Å². The highest BCUT2D eigenvalue weighted by Gasteiger charge is 2.29. The molecule has 25 heavy (non-hydrogen) atoms. The minimum Gasteiger partial charge on any atom is -0.493 e. The highest BCUT2D eigenvalue weighted by molar-refractivity contribution is 7.91. The first kappa shape index (κ1) is 18.7. The first-order chi connectivity index (χ1) is 11.9. The largest absolute Gasteiger partial charge is 0.493 e. The first-order valence-corrected chi connectivity index (χ1v) is 9.46. The van der Waals surface area contributed by atoms with Crippen molar-refractivity contribution in [3.63, 3.8) is 0 Å². The molecule has 0 saturated carbocycles. The van der Waals surface area contributed by atoms with Gasteiger partial charge in [-0.05, 0) is 36.1 Å². The van der Waals surface area contributed by atoms with E-state index in [1.54, 1.807) is 18.2 Å². The van der Waals surface area contributed by atoms with Crippen LogP contribution in [0.4, 0.5) is 0 Å². The first-order valence-electron chi connectivity index (χ1n) is 7.63. The van der Waals surface area contributed by atoms with Crippen molar-refractivity contribution in [3.05, 3.63) is 23.8 Å². The van der Waals surface area contributed by atoms with Gasteiger partial charge in [-0.25, -0.2) is 13.8 Å². The number of ether oxygens (including phenoxy) is 2. The van der Waals surface area contributed by atoms with E-state index < -0.39 is 9.84 Å². The van der Waals surface area contributed by atoms with E-state index in [4.69, 9.17) is 14.7 Å². The predicted molar refractivity (Wildman–Crippen MR) is 91.2 cm³/mol. The van der Waals surface area contributed by atoms with Crippen molar-refractivity contribution < 1.29 is 22.7 Å². The number of hydrazone groups is 1. The number of carbonyl (C=O) groups is 1. The highest BCUT2D eigenvalue weighted by atomic mass is 32.2. The summed E-state index contributed by atoms with van der Waals surface area (Å²) >= 11 is 0. The van der Waals surface area contributed by atoms with Crippen LogP contribution in [0.15, 0.2) is 23.3 Å². The van der Waals surface area contributed by atoms with E-state index >= 15 is 0 Å². The van der Waals surface area contributed by atoms with Gasteiger partial charge in [-0.3, -0.25) is 4.79 Å². The fourth-order valence-electron chi connectivity index (χ4n) is 2.51. The van der Waals surface area contributed by atoms with Crippen LogP contribution < -0.4 is 14.9 Å². The van der Waals surface area contributed by atoms with Crippen LogP contribution in [-0.4, -0.2) is 45.8 Å². The van der Waals surface area contributed by atoms with Crippen LogP contribution in [0.1, 0.15) is 18.4 Å². The third-order valence-corrected chi connectivity index (χ3v) is 5.52. The van der Waals surface area contributed by atoms with Gasteiger partial charge in [0.1, 0.15) is 6.07 Å². The van der Waals surface area contributed by atoms with E-state index in [0.717, 1.165) is 0 Å². The van der Waals surface area contributed by atoms with Crippen molar-refractivity contribution in [1.29, 1.82) is 5.26 Å². The molecule has 1 amide bonds. The third kappa shape index (κ3) is 5.76. The second-order valence-corrected chi connectivity index (χ2v) is 7.85. The smallest absolute Gasteiger partial charge is 0.240 e. The number of hydrogen-bond donors (Lipinski definition) is 1. The van der Waals surface area contributed by atoms with Crippen molar-refractivity contribution in [2.24, 2.45) is 11.0 Å². The average molecular weight is 365 g/mol. The summed E-state index contributed by atoms with van der Waals surface area (Å²) in [4.78, 5) is 11.8. The van der Waals surface area contributed by atoms with Gasteiger partial charge in [-0.1, -0.05) is 0 Å². The van der Waals surface area contributed by atoms with Gasteiger partial charge < -0.3 is 9.47 Å². The molecule has 1 aromatic carbocycles. The number of methoxy groups -OCH3 is 1. The van der Waals surface area contributed by atoms with Gasteiger partial charge in [0.2, 0.25) is 5.91 Å². The Morgan fingerprint density at radius 2 is 2.28 bits per heavy atom. The van der Waals surface area contributed by atoms with E-state index in [-0.39, 0.29) is 36.4 Å². The number of nitriles is 1. The Labute approximate surface area is 146 Å². The van der Waals surface area contributed by atoms with Gasteiger partial charge in [-0.2, -0.15) is 10.4 Å². The molecule has 9 heteroatoms. The van der Waals surface area contributed by atoms with Crippen LogP contribution in [-0.2, 0) is 14.6 Å². The van der Waals surface area contributed by atoms with Crippen LogP contribution in [0.5, 0.6) is 11.5 Å². The summed E-state index contributed by atoms with van der Waals surface area (Å²) in [7, 11) is -1.51. The van der Waals surface area contributed by atoms with E-state index in [1.165, 1.54) is 13.3 Å². The molecule has 0 aliphatic carbocycles. The molecule has 1 heterocycles. The lowest BCUT2D eigenvalue weighted by molar-refractivity contribution is -0.121. The molecule has 0 aromatic heterocycles. The summed E-state index contributed by atoms with van der Waals surface area (Å²) in [5.41, 5.74) is 3.06. The zero-order valence-electron chi connectivity index (χ0n) is 13.8. The lowest BCUT2D eigenvalue weighted by Crippen LogP contribution is -2.21. The Bertz CT molecular complexity index is 798. The van der Waals surface area contributed by atoms with Gasteiger partial charge in [-0.15, -0.1) is 0 Å². The maximum absolute atomic E-state index is 11.8. The molecule has 0 spiro atoms. The zero-order valence-corrected chi connectivity index (χ0v) is 14.6. The van der Waals surface area contributed by atoms with Crippen LogP contribution in [0.3, 0.4) is 0 Å². The minimum absolute atomic E-state index is 0.0610. The maximum atomic E-state index is 11.8.